The van der Waals surface area contributed by atoms with Gasteiger partial charge < -0.3 is 5.32 Å². The van der Waals surface area contributed by atoms with Crippen molar-refractivity contribution in [3.8, 4) is 0 Å². The van der Waals surface area contributed by atoms with Gasteiger partial charge in [0.1, 0.15) is 0 Å². The maximum Gasteiger partial charge on any atom is 0.162 e. The van der Waals surface area contributed by atoms with E-state index in [1.54, 1.807) is 0 Å². The van der Waals surface area contributed by atoms with Gasteiger partial charge in [-0.15, -0.1) is 0 Å². The lowest BCUT2D eigenvalue weighted by atomic mass is 9.89. The molecular weight excluding hydrogens is 404 g/mol. The van der Waals surface area contributed by atoms with Gasteiger partial charge in [-0.25, -0.2) is 0 Å². The third-order valence-electron chi connectivity index (χ3n) is 7.41. The molecule has 2 heterocycles. The molecule has 3 aromatic carbocycles. The van der Waals surface area contributed by atoms with Crippen LogP contribution in [0.4, 0.5) is 5.69 Å². The van der Waals surface area contributed by atoms with Crippen LogP contribution in [0.5, 0.6) is 0 Å². The fourth-order valence-electron chi connectivity index (χ4n) is 5.33. The molecule has 0 amide bonds. The molecule has 5 rings (SSSR count). The summed E-state index contributed by atoms with van der Waals surface area (Å²) in [7, 11) is 0. The summed E-state index contributed by atoms with van der Waals surface area (Å²) in [5, 5.41) is 3.58. The number of aryl methyl sites for hydroxylation is 2. The van der Waals surface area contributed by atoms with E-state index in [1.165, 1.54) is 40.8 Å². The second-order valence-corrected chi connectivity index (χ2v) is 9.66. The minimum absolute atomic E-state index is 0.298. The first-order valence-corrected chi connectivity index (χ1v) is 12.5. The number of hydrogen-bond acceptors (Lipinski definition) is 3. The molecule has 0 atom stereocenters. The van der Waals surface area contributed by atoms with E-state index in [9.17, 15) is 4.79 Å². The van der Waals surface area contributed by atoms with Gasteiger partial charge in [-0.2, -0.15) is 0 Å². The number of carbonyl (C=O) groups excluding carboxylic acids is 1. The number of ketones is 1. The molecule has 0 bridgehead atoms. The zero-order chi connectivity index (χ0) is 22.5. The van der Waals surface area contributed by atoms with Crippen LogP contribution in [0.3, 0.4) is 0 Å². The van der Waals surface area contributed by atoms with Crippen molar-refractivity contribution >= 4 is 11.5 Å². The maximum absolute atomic E-state index is 13.0. The number of rotatable bonds is 6. The maximum atomic E-state index is 13.0. The lowest BCUT2D eigenvalue weighted by Crippen LogP contribution is -2.33. The minimum atomic E-state index is 0.298. The predicted molar refractivity (Wildman–Crippen MR) is 136 cm³/mol. The highest BCUT2D eigenvalue weighted by Gasteiger charge is 2.21. The highest BCUT2D eigenvalue weighted by Crippen LogP contribution is 2.27. The zero-order valence-electron chi connectivity index (χ0n) is 19.4. The van der Waals surface area contributed by atoms with Crippen LogP contribution in [-0.2, 0) is 25.9 Å². The van der Waals surface area contributed by atoms with Crippen molar-refractivity contribution in [2.45, 2.75) is 51.6 Å². The van der Waals surface area contributed by atoms with Crippen LogP contribution in [-0.4, -0.2) is 23.8 Å². The van der Waals surface area contributed by atoms with Crippen LogP contribution >= 0.6 is 0 Å². The van der Waals surface area contributed by atoms with Gasteiger partial charge in [0.05, 0.1) is 0 Å². The molecule has 1 saturated heterocycles. The highest BCUT2D eigenvalue weighted by atomic mass is 16.1. The lowest BCUT2D eigenvalue weighted by molar-refractivity contribution is 0.0961. The van der Waals surface area contributed by atoms with E-state index in [-0.39, 0.29) is 0 Å². The minimum Gasteiger partial charge on any atom is -0.381 e. The van der Waals surface area contributed by atoms with Gasteiger partial charge >= 0.3 is 0 Å². The van der Waals surface area contributed by atoms with E-state index >= 15 is 0 Å². The van der Waals surface area contributed by atoms with Crippen LogP contribution in [0.1, 0.15) is 58.3 Å². The van der Waals surface area contributed by atoms with Crippen LogP contribution in [0.2, 0.25) is 0 Å². The van der Waals surface area contributed by atoms with Crippen LogP contribution < -0.4 is 5.32 Å². The number of nitrogens with zero attached hydrogens (tertiary/aromatic N) is 1. The third-order valence-corrected chi connectivity index (χ3v) is 7.41. The van der Waals surface area contributed by atoms with Crippen molar-refractivity contribution in [3.63, 3.8) is 0 Å². The van der Waals surface area contributed by atoms with E-state index in [4.69, 9.17) is 0 Å². The molecular formula is C30H34N2O. The van der Waals surface area contributed by atoms with Crippen LogP contribution in [0.25, 0.3) is 0 Å². The summed E-state index contributed by atoms with van der Waals surface area (Å²) >= 11 is 0. The summed E-state index contributed by atoms with van der Waals surface area (Å²) in [6.07, 6.45) is 6.15. The number of fused-ring (bicyclic) bond motifs is 2. The number of likely N-dealkylation sites (tertiary alicyclic amines) is 1. The molecule has 170 valence electrons. The molecule has 0 aliphatic carbocycles. The molecule has 3 heteroatoms. The molecule has 3 aromatic rings. The summed E-state index contributed by atoms with van der Waals surface area (Å²) in [4.78, 5) is 15.5. The Labute approximate surface area is 197 Å². The fraction of sp³-hybridized carbons (Fsp3) is 0.367. The average Bonchev–Trinajstić information content (AvgIpc) is 2.85. The van der Waals surface area contributed by atoms with Gasteiger partial charge in [-0.1, -0.05) is 60.7 Å². The molecule has 0 unspecified atom stereocenters. The van der Waals surface area contributed by atoms with Gasteiger partial charge in [-0.3, -0.25) is 9.69 Å². The Bertz CT molecular complexity index is 1080. The molecule has 0 radical (unpaired) electrons. The van der Waals surface area contributed by atoms with Gasteiger partial charge in [0.25, 0.3) is 0 Å². The Morgan fingerprint density at radius 1 is 0.848 bits per heavy atom. The molecule has 0 saturated carbocycles. The Balaban J connectivity index is 1.13. The second kappa shape index (κ2) is 10.4. The van der Waals surface area contributed by atoms with Crippen molar-refractivity contribution in [3.05, 3.63) is 101 Å². The van der Waals surface area contributed by atoms with E-state index in [1.807, 2.05) is 0 Å². The SMILES string of the molecule is O=C(CCC1CCN(Cc2ccccc2)CC1)c1ccc2c(c1)CNc1ccccc1CC2. The highest BCUT2D eigenvalue weighted by molar-refractivity contribution is 5.96. The van der Waals surface area contributed by atoms with Gasteiger partial charge in [0.15, 0.2) is 5.78 Å². The first-order valence-electron chi connectivity index (χ1n) is 12.5. The first-order chi connectivity index (χ1) is 16.2. The number of para-hydroxylation sites is 1. The van der Waals surface area contributed by atoms with Gasteiger partial charge in [-0.05, 0) is 85.5 Å². The average molecular weight is 439 g/mol. The summed E-state index contributed by atoms with van der Waals surface area (Å²) in [6.45, 7) is 4.10. The molecule has 2 aliphatic heterocycles. The smallest absolute Gasteiger partial charge is 0.162 e. The Kier molecular flexibility index (Phi) is 6.87. The van der Waals surface area contributed by atoms with E-state index < -0.39 is 0 Å². The topological polar surface area (TPSA) is 32.3 Å². The van der Waals surface area contributed by atoms with E-state index in [0.717, 1.165) is 51.0 Å². The van der Waals surface area contributed by atoms with Gasteiger partial charge in [0.2, 0.25) is 0 Å². The lowest BCUT2D eigenvalue weighted by Gasteiger charge is -2.32. The molecule has 2 aliphatic rings. The van der Waals surface area contributed by atoms with Crippen molar-refractivity contribution in [1.82, 2.24) is 4.90 Å². The number of nitrogens with one attached hydrogen (secondary N) is 1. The predicted octanol–water partition coefficient (Wildman–Crippen LogP) is 6.27. The summed E-state index contributed by atoms with van der Waals surface area (Å²) in [6, 6.07) is 25.7. The van der Waals surface area contributed by atoms with Crippen LogP contribution in [0.15, 0.2) is 72.8 Å². The van der Waals surface area contributed by atoms with Crippen LogP contribution in [0, 0.1) is 5.92 Å². The zero-order valence-corrected chi connectivity index (χ0v) is 19.4. The molecule has 1 fully saturated rings. The van der Waals surface area contributed by atoms with Crippen molar-refractivity contribution in [2.75, 3.05) is 18.4 Å². The monoisotopic (exact) mass is 438 g/mol. The van der Waals surface area contributed by atoms with Gasteiger partial charge in [0, 0.05) is 30.8 Å². The summed E-state index contributed by atoms with van der Waals surface area (Å²) in [5.74, 6) is 0.968. The van der Waals surface area contributed by atoms with Crippen molar-refractivity contribution in [1.29, 1.82) is 0 Å². The molecule has 33 heavy (non-hydrogen) atoms. The summed E-state index contributed by atoms with van der Waals surface area (Å²) < 4.78 is 0. The number of Topliss-reactive ketones (excluding diaryl/α,β-unsaturated/α-hetero) is 1. The number of benzene rings is 3. The molecule has 0 spiro atoms. The number of carbonyl (C=O) groups is 1. The normalized spacial score (nSPS) is 16.7. The molecule has 3 nitrogen and oxygen atoms in total. The standard InChI is InChI=1S/C30H34N2O/c33-30(15-10-23-16-18-32(19-17-23)22-24-6-2-1-3-7-24)27-14-12-25-11-13-26-8-4-5-9-29(26)31-21-28(25)20-27/h1-9,12,14,20,23,31H,10-11,13,15-19,21-22H2. The first kappa shape index (κ1) is 21.9. The number of piperidine rings is 1. The Morgan fingerprint density at radius 3 is 2.45 bits per heavy atom. The molecule has 0 aromatic heterocycles. The Morgan fingerprint density at radius 2 is 1.61 bits per heavy atom. The fourth-order valence-corrected chi connectivity index (χ4v) is 5.33. The quantitative estimate of drug-likeness (QED) is 0.460. The number of hydrogen-bond donors (Lipinski definition) is 1. The third kappa shape index (κ3) is 5.54. The summed E-state index contributed by atoms with van der Waals surface area (Å²) in [5.41, 5.74) is 7.49. The second-order valence-electron chi connectivity index (χ2n) is 9.66. The number of anilines is 1. The molecule has 1 N–H and O–H groups in total. The van der Waals surface area contributed by atoms with Crippen molar-refractivity contribution in [2.24, 2.45) is 5.92 Å². The van der Waals surface area contributed by atoms with Crippen molar-refractivity contribution < 1.29 is 4.79 Å². The van der Waals surface area contributed by atoms with E-state index in [2.05, 4.69) is 83.0 Å². The van der Waals surface area contributed by atoms with E-state index in [0.29, 0.717) is 18.1 Å². The Hall–Kier alpha value is -2.91. The largest absolute Gasteiger partial charge is 0.381 e.